The molecule has 3 rings (SSSR count). The van der Waals surface area contributed by atoms with Crippen LogP contribution in [0.5, 0.6) is 0 Å². The van der Waals surface area contributed by atoms with Crippen molar-refractivity contribution in [2.75, 3.05) is 0 Å². The Hall–Kier alpha value is -2.39. The number of non-ortho nitro benzene ring substituents is 1. The lowest BCUT2D eigenvalue weighted by molar-refractivity contribution is -0.384. The third-order valence-corrected chi connectivity index (χ3v) is 6.55. The summed E-state index contributed by atoms with van der Waals surface area (Å²) in [6, 6.07) is 11.0. The van der Waals surface area contributed by atoms with E-state index in [2.05, 4.69) is 12.6 Å². The Balaban J connectivity index is 2.03. The van der Waals surface area contributed by atoms with Crippen LogP contribution in [-0.4, -0.2) is 28.8 Å². The van der Waals surface area contributed by atoms with Crippen LogP contribution in [0.4, 0.5) is 5.69 Å². The number of nitrogens with zero attached hydrogens (tertiary/aromatic N) is 2. The van der Waals surface area contributed by atoms with Gasteiger partial charge in [-0.1, -0.05) is 29.8 Å². The van der Waals surface area contributed by atoms with Crippen molar-refractivity contribution in [3.8, 4) is 0 Å². The van der Waals surface area contributed by atoms with Crippen molar-refractivity contribution in [1.29, 1.82) is 0 Å². The van der Waals surface area contributed by atoms with Crippen molar-refractivity contribution >= 4 is 34.2 Å². The van der Waals surface area contributed by atoms with E-state index < -0.39 is 32.1 Å². The van der Waals surface area contributed by atoms with E-state index in [0.29, 0.717) is 5.56 Å². The van der Waals surface area contributed by atoms with E-state index in [4.69, 9.17) is 0 Å². The van der Waals surface area contributed by atoms with Crippen LogP contribution in [0, 0.1) is 17.0 Å². The maximum atomic E-state index is 13.0. The lowest BCUT2D eigenvalue weighted by Gasteiger charge is -2.24. The molecule has 1 fully saturated rings. The Morgan fingerprint density at radius 3 is 2.23 bits per heavy atom. The summed E-state index contributed by atoms with van der Waals surface area (Å²) < 4.78 is 26.9. The SMILES string of the molecule is Cc1ccc(S(=O)(=O)N2C(=O)[C@@H](S)C[C@H]2c2ccc([N+](=O)[O-])cc2)cc1. The highest BCUT2D eigenvalue weighted by atomic mass is 32.2. The van der Waals surface area contributed by atoms with Crippen molar-refractivity contribution in [3.05, 3.63) is 69.8 Å². The molecule has 1 aliphatic heterocycles. The summed E-state index contributed by atoms with van der Waals surface area (Å²) in [6.45, 7) is 1.83. The zero-order valence-electron chi connectivity index (χ0n) is 13.8. The van der Waals surface area contributed by atoms with Gasteiger partial charge in [-0.2, -0.15) is 12.6 Å². The van der Waals surface area contributed by atoms with Gasteiger partial charge in [-0.3, -0.25) is 14.9 Å². The smallest absolute Gasteiger partial charge is 0.269 e. The monoisotopic (exact) mass is 392 g/mol. The molecular weight excluding hydrogens is 376 g/mol. The summed E-state index contributed by atoms with van der Waals surface area (Å²) in [5.41, 5.74) is 1.31. The number of rotatable bonds is 4. The number of amides is 1. The quantitative estimate of drug-likeness (QED) is 0.490. The van der Waals surface area contributed by atoms with Crippen LogP contribution < -0.4 is 0 Å². The highest BCUT2D eigenvalue weighted by molar-refractivity contribution is 7.90. The fourth-order valence-electron chi connectivity index (χ4n) is 2.91. The number of hydrogen-bond acceptors (Lipinski definition) is 6. The molecule has 0 unspecified atom stereocenters. The lowest BCUT2D eigenvalue weighted by atomic mass is 10.1. The molecule has 1 saturated heterocycles. The van der Waals surface area contributed by atoms with Crippen LogP contribution in [0.3, 0.4) is 0 Å². The topological polar surface area (TPSA) is 97.6 Å². The number of benzene rings is 2. The first kappa shape index (κ1) is 18.4. The first-order valence-electron chi connectivity index (χ1n) is 7.79. The number of carbonyl (C=O) groups excluding carboxylic acids is 1. The zero-order chi connectivity index (χ0) is 19.1. The predicted octanol–water partition coefficient (Wildman–Crippen LogP) is 2.86. The van der Waals surface area contributed by atoms with Gasteiger partial charge in [0.2, 0.25) is 5.91 Å². The Morgan fingerprint density at radius 1 is 1.12 bits per heavy atom. The van der Waals surface area contributed by atoms with Gasteiger partial charge in [0.05, 0.1) is 21.1 Å². The molecule has 0 radical (unpaired) electrons. The number of nitro benzene ring substituents is 1. The number of aryl methyl sites for hydroxylation is 1. The van der Waals surface area contributed by atoms with Crippen LogP contribution >= 0.6 is 12.6 Å². The van der Waals surface area contributed by atoms with Crippen LogP contribution in [0.15, 0.2) is 53.4 Å². The third-order valence-electron chi connectivity index (χ3n) is 4.30. The molecular formula is C17H16N2O5S2. The molecule has 26 heavy (non-hydrogen) atoms. The average Bonchev–Trinajstić information content (AvgIpc) is 2.91. The van der Waals surface area contributed by atoms with Crippen LogP contribution in [0.25, 0.3) is 0 Å². The van der Waals surface area contributed by atoms with E-state index in [1.807, 2.05) is 6.92 Å². The molecule has 0 spiro atoms. The van der Waals surface area contributed by atoms with Crippen molar-refractivity contribution in [2.24, 2.45) is 0 Å². The van der Waals surface area contributed by atoms with Gasteiger partial charge in [-0.25, -0.2) is 12.7 Å². The standard InChI is InChI=1S/C17H16N2O5S2/c1-11-2-8-14(9-3-11)26(23,24)18-15(10-16(25)17(18)20)12-4-6-13(7-5-12)19(21)22/h2-9,15-16,25H,10H2,1H3/t15-,16-/m0/s1. The summed E-state index contributed by atoms with van der Waals surface area (Å²) in [4.78, 5) is 22.8. The normalized spacial score (nSPS) is 20.4. The van der Waals surface area contributed by atoms with E-state index in [1.54, 1.807) is 12.1 Å². The fourth-order valence-corrected chi connectivity index (χ4v) is 4.92. The maximum Gasteiger partial charge on any atom is 0.269 e. The van der Waals surface area contributed by atoms with E-state index >= 15 is 0 Å². The molecule has 9 heteroatoms. The lowest BCUT2D eigenvalue weighted by Crippen LogP contribution is -2.35. The molecule has 0 aromatic heterocycles. The summed E-state index contributed by atoms with van der Waals surface area (Å²) in [5, 5.41) is 10.1. The van der Waals surface area contributed by atoms with Crippen molar-refractivity contribution in [1.82, 2.24) is 4.31 Å². The van der Waals surface area contributed by atoms with Crippen LogP contribution in [0.1, 0.15) is 23.6 Å². The summed E-state index contributed by atoms with van der Waals surface area (Å²) >= 11 is 4.21. The molecule has 7 nitrogen and oxygen atoms in total. The minimum absolute atomic E-state index is 0.0193. The molecule has 136 valence electrons. The largest absolute Gasteiger partial charge is 0.272 e. The first-order valence-corrected chi connectivity index (χ1v) is 9.75. The Bertz CT molecular complexity index is 956. The molecule has 0 bridgehead atoms. The molecule has 0 aliphatic carbocycles. The van der Waals surface area contributed by atoms with Crippen molar-refractivity contribution in [2.45, 2.75) is 29.5 Å². The maximum absolute atomic E-state index is 13.0. The zero-order valence-corrected chi connectivity index (χ0v) is 15.5. The Labute approximate surface area is 156 Å². The minimum atomic E-state index is -4.06. The summed E-state index contributed by atoms with van der Waals surface area (Å²) in [6.07, 6.45) is 0.199. The molecule has 0 N–H and O–H groups in total. The van der Waals surface area contributed by atoms with Gasteiger partial charge in [-0.15, -0.1) is 0 Å². The number of carbonyl (C=O) groups is 1. The van der Waals surface area contributed by atoms with Gasteiger partial charge in [0.1, 0.15) is 0 Å². The second-order valence-electron chi connectivity index (χ2n) is 6.07. The molecule has 2 atom stereocenters. The van der Waals surface area contributed by atoms with Crippen LogP contribution in [-0.2, 0) is 14.8 Å². The Morgan fingerprint density at radius 2 is 1.69 bits per heavy atom. The van der Waals surface area contributed by atoms with E-state index in [-0.39, 0.29) is 17.0 Å². The second kappa shape index (κ2) is 6.73. The van der Waals surface area contributed by atoms with Gasteiger partial charge in [0.25, 0.3) is 15.7 Å². The van der Waals surface area contributed by atoms with E-state index in [0.717, 1.165) is 9.87 Å². The van der Waals surface area contributed by atoms with Crippen molar-refractivity contribution < 1.29 is 18.1 Å². The number of hydrogen-bond donors (Lipinski definition) is 1. The van der Waals surface area contributed by atoms with Crippen LogP contribution in [0.2, 0.25) is 0 Å². The second-order valence-corrected chi connectivity index (χ2v) is 8.51. The molecule has 1 heterocycles. The highest BCUT2D eigenvalue weighted by Gasteiger charge is 2.45. The number of sulfonamides is 1. The first-order chi connectivity index (χ1) is 12.2. The van der Waals surface area contributed by atoms with E-state index in [1.165, 1.54) is 36.4 Å². The predicted molar refractivity (Wildman–Crippen MR) is 98.4 cm³/mol. The molecule has 0 saturated carbocycles. The minimum Gasteiger partial charge on any atom is -0.272 e. The van der Waals surface area contributed by atoms with Gasteiger partial charge >= 0.3 is 0 Å². The fraction of sp³-hybridized carbons (Fsp3) is 0.235. The summed E-state index contributed by atoms with van der Waals surface area (Å²) in [5.74, 6) is -0.600. The average molecular weight is 392 g/mol. The van der Waals surface area contributed by atoms with Gasteiger partial charge in [0, 0.05) is 12.1 Å². The molecule has 2 aromatic carbocycles. The number of nitro groups is 1. The Kier molecular flexibility index (Phi) is 4.76. The highest BCUT2D eigenvalue weighted by Crippen LogP contribution is 2.39. The van der Waals surface area contributed by atoms with Gasteiger partial charge in [0.15, 0.2) is 0 Å². The summed E-state index contributed by atoms with van der Waals surface area (Å²) in [7, 11) is -4.06. The molecule has 1 aliphatic rings. The van der Waals surface area contributed by atoms with Gasteiger partial charge in [-0.05, 0) is 31.0 Å². The van der Waals surface area contributed by atoms with E-state index in [9.17, 15) is 23.3 Å². The molecule has 1 amide bonds. The van der Waals surface area contributed by atoms with Crippen molar-refractivity contribution in [3.63, 3.8) is 0 Å². The third kappa shape index (κ3) is 3.19. The van der Waals surface area contributed by atoms with Gasteiger partial charge < -0.3 is 0 Å². The molecule has 2 aromatic rings. The number of thiol groups is 1.